The van der Waals surface area contributed by atoms with Crippen molar-refractivity contribution < 1.29 is 5.11 Å². The molecule has 1 aliphatic heterocycles. The van der Waals surface area contributed by atoms with Crippen molar-refractivity contribution in [2.45, 2.75) is 43.1 Å². The van der Waals surface area contributed by atoms with Crippen LogP contribution in [-0.2, 0) is 0 Å². The van der Waals surface area contributed by atoms with Crippen molar-refractivity contribution in [1.29, 1.82) is 0 Å². The van der Waals surface area contributed by atoms with Gasteiger partial charge in [0.1, 0.15) is 0 Å². The highest BCUT2D eigenvalue weighted by Crippen LogP contribution is 2.48. The number of anilines is 1. The molecule has 0 spiro atoms. The van der Waals surface area contributed by atoms with Crippen LogP contribution in [0.1, 0.15) is 33.1 Å². The molecule has 1 atom stereocenters. The Morgan fingerprint density at radius 1 is 1.31 bits per heavy atom. The highest BCUT2D eigenvalue weighted by Gasteiger charge is 2.38. The lowest BCUT2D eigenvalue weighted by atomic mass is 10.2. The summed E-state index contributed by atoms with van der Waals surface area (Å²) in [4.78, 5) is 3.30. The van der Waals surface area contributed by atoms with Crippen molar-refractivity contribution in [3.8, 4) is 0 Å². The van der Waals surface area contributed by atoms with E-state index in [0.29, 0.717) is 0 Å². The molecule has 1 aromatic carbocycles. The second kappa shape index (κ2) is 4.68. The van der Waals surface area contributed by atoms with E-state index in [0.717, 1.165) is 13.0 Å². The van der Waals surface area contributed by atoms with Crippen LogP contribution in [0.3, 0.4) is 0 Å². The summed E-state index contributed by atoms with van der Waals surface area (Å²) < 4.78 is 0. The fourth-order valence-corrected chi connectivity index (χ4v) is 3.25. The third-order valence-corrected chi connectivity index (χ3v) is 4.12. The van der Waals surface area contributed by atoms with Crippen LogP contribution in [0.15, 0.2) is 29.2 Å². The summed E-state index contributed by atoms with van der Waals surface area (Å²) in [6.45, 7) is 5.01. The van der Waals surface area contributed by atoms with Crippen LogP contribution in [0.4, 0.5) is 5.69 Å². The number of aliphatic hydroxyl groups is 1. The summed E-state index contributed by atoms with van der Waals surface area (Å²) in [6.07, 6.45) is 3.58. The minimum Gasteiger partial charge on any atom is -0.362 e. The van der Waals surface area contributed by atoms with Crippen LogP contribution < -0.4 is 4.90 Å². The van der Waals surface area contributed by atoms with Crippen molar-refractivity contribution in [3.63, 3.8) is 0 Å². The first-order valence-corrected chi connectivity index (χ1v) is 6.75. The number of nitrogens with zero attached hydrogens (tertiary/aromatic N) is 1. The molecule has 1 aliphatic rings. The molecule has 0 saturated carbocycles. The molecule has 88 valence electrons. The zero-order chi connectivity index (χ0) is 11.6. The molecule has 0 radical (unpaired) electrons. The predicted molar refractivity (Wildman–Crippen MR) is 69.8 cm³/mol. The Labute approximate surface area is 102 Å². The number of fused-ring (bicyclic) bond motifs is 1. The monoisotopic (exact) mass is 237 g/mol. The standard InChI is InChI=1S/C13H19NOS/c1-3-4-7-10-14-11-8-5-6-9-12(11)16-13(14,2)15/h5-6,8-9,15H,3-4,7,10H2,1-2H3/t13-/m1/s1. The molecule has 0 amide bonds. The SMILES string of the molecule is CCCCCN1c2ccccc2S[C@@]1(C)O. The molecular weight excluding hydrogens is 218 g/mol. The highest BCUT2D eigenvalue weighted by atomic mass is 32.2. The Kier molecular flexibility index (Phi) is 3.45. The van der Waals surface area contributed by atoms with Gasteiger partial charge in [-0.2, -0.15) is 0 Å². The molecule has 0 aromatic heterocycles. The van der Waals surface area contributed by atoms with Crippen molar-refractivity contribution in [2.24, 2.45) is 0 Å². The fourth-order valence-electron chi connectivity index (χ4n) is 2.10. The average Bonchev–Trinajstić information content (AvgIpc) is 2.50. The normalized spacial score (nSPS) is 23.6. The van der Waals surface area contributed by atoms with Gasteiger partial charge in [0.2, 0.25) is 0 Å². The number of benzene rings is 1. The summed E-state index contributed by atoms with van der Waals surface area (Å²) in [5.74, 6) is 0. The van der Waals surface area contributed by atoms with Crippen LogP contribution in [0.5, 0.6) is 0 Å². The molecule has 1 heterocycles. The summed E-state index contributed by atoms with van der Waals surface area (Å²) in [5.41, 5.74) is 1.17. The maximum absolute atomic E-state index is 10.4. The van der Waals surface area contributed by atoms with Gasteiger partial charge in [0.25, 0.3) is 0 Å². The van der Waals surface area contributed by atoms with E-state index in [1.165, 1.54) is 23.4 Å². The van der Waals surface area contributed by atoms with Crippen molar-refractivity contribution >= 4 is 17.4 Å². The first-order chi connectivity index (χ1) is 7.65. The third kappa shape index (κ3) is 2.20. The Hall–Kier alpha value is -0.670. The van der Waals surface area contributed by atoms with Gasteiger partial charge in [-0.15, -0.1) is 0 Å². The number of rotatable bonds is 4. The minimum absolute atomic E-state index is 0.780. The van der Waals surface area contributed by atoms with Crippen LogP contribution >= 0.6 is 11.8 Å². The van der Waals surface area contributed by atoms with E-state index in [1.54, 1.807) is 11.8 Å². The first-order valence-electron chi connectivity index (χ1n) is 5.93. The molecule has 1 aromatic rings. The summed E-state index contributed by atoms with van der Waals surface area (Å²) in [6, 6.07) is 8.23. The molecule has 0 fully saturated rings. The van der Waals surface area contributed by atoms with E-state index in [-0.39, 0.29) is 0 Å². The Balaban J connectivity index is 2.15. The molecule has 3 heteroatoms. The van der Waals surface area contributed by atoms with Gasteiger partial charge in [0.05, 0.1) is 5.69 Å². The van der Waals surface area contributed by atoms with Gasteiger partial charge in [0.15, 0.2) is 5.06 Å². The average molecular weight is 237 g/mol. The number of para-hydroxylation sites is 1. The quantitative estimate of drug-likeness (QED) is 0.811. The molecule has 0 bridgehead atoms. The summed E-state index contributed by atoms with van der Waals surface area (Å²) in [5, 5.41) is 9.58. The van der Waals surface area contributed by atoms with Gasteiger partial charge >= 0.3 is 0 Å². The van der Waals surface area contributed by atoms with Gasteiger partial charge in [-0.25, -0.2) is 0 Å². The van der Waals surface area contributed by atoms with Crippen molar-refractivity contribution in [2.75, 3.05) is 11.4 Å². The van der Waals surface area contributed by atoms with Gasteiger partial charge in [-0.05, 0) is 25.5 Å². The Morgan fingerprint density at radius 2 is 2.06 bits per heavy atom. The zero-order valence-corrected chi connectivity index (χ0v) is 10.8. The molecule has 1 N–H and O–H groups in total. The third-order valence-electron chi connectivity index (χ3n) is 2.95. The summed E-state index contributed by atoms with van der Waals surface area (Å²) in [7, 11) is 0. The molecule has 16 heavy (non-hydrogen) atoms. The molecular formula is C13H19NOS. The lowest BCUT2D eigenvalue weighted by molar-refractivity contribution is 0.155. The summed E-state index contributed by atoms with van der Waals surface area (Å²) >= 11 is 1.54. The number of hydrogen-bond acceptors (Lipinski definition) is 3. The van der Waals surface area contributed by atoms with Crippen LogP contribution in [0.2, 0.25) is 0 Å². The van der Waals surface area contributed by atoms with Crippen LogP contribution in [-0.4, -0.2) is 16.7 Å². The second-order valence-electron chi connectivity index (χ2n) is 4.36. The Bertz CT molecular complexity index is 365. The predicted octanol–water partition coefficient (Wildman–Crippen LogP) is 3.45. The number of unbranched alkanes of at least 4 members (excludes halogenated alkanes) is 2. The Morgan fingerprint density at radius 3 is 2.81 bits per heavy atom. The van der Waals surface area contributed by atoms with Crippen LogP contribution in [0.25, 0.3) is 0 Å². The minimum atomic E-state index is -0.780. The van der Waals surface area contributed by atoms with E-state index >= 15 is 0 Å². The topological polar surface area (TPSA) is 23.5 Å². The molecule has 0 unspecified atom stereocenters. The molecule has 2 rings (SSSR count). The largest absolute Gasteiger partial charge is 0.362 e. The maximum Gasteiger partial charge on any atom is 0.188 e. The second-order valence-corrected chi connectivity index (χ2v) is 5.78. The molecule has 0 saturated heterocycles. The van der Waals surface area contributed by atoms with E-state index < -0.39 is 5.06 Å². The van der Waals surface area contributed by atoms with Gasteiger partial charge < -0.3 is 10.0 Å². The number of hydrogen-bond donors (Lipinski definition) is 1. The molecule has 2 nitrogen and oxygen atoms in total. The van der Waals surface area contributed by atoms with Gasteiger partial charge in [-0.1, -0.05) is 43.7 Å². The number of thioether (sulfide) groups is 1. The lowest BCUT2D eigenvalue weighted by Gasteiger charge is -2.31. The van der Waals surface area contributed by atoms with Crippen LogP contribution in [0, 0.1) is 0 Å². The maximum atomic E-state index is 10.4. The highest BCUT2D eigenvalue weighted by molar-refractivity contribution is 8.01. The zero-order valence-electron chi connectivity index (χ0n) is 9.94. The van der Waals surface area contributed by atoms with E-state index in [9.17, 15) is 5.11 Å². The van der Waals surface area contributed by atoms with Crippen molar-refractivity contribution in [1.82, 2.24) is 0 Å². The lowest BCUT2D eigenvalue weighted by Crippen LogP contribution is -2.41. The van der Waals surface area contributed by atoms with Crippen molar-refractivity contribution in [3.05, 3.63) is 24.3 Å². The van der Waals surface area contributed by atoms with E-state index in [2.05, 4.69) is 24.0 Å². The van der Waals surface area contributed by atoms with Gasteiger partial charge in [0, 0.05) is 11.4 Å². The van der Waals surface area contributed by atoms with E-state index in [1.807, 2.05) is 19.1 Å². The fraction of sp³-hybridized carbons (Fsp3) is 0.538. The molecule has 0 aliphatic carbocycles. The first kappa shape index (κ1) is 11.8. The smallest absolute Gasteiger partial charge is 0.188 e. The van der Waals surface area contributed by atoms with Gasteiger partial charge in [-0.3, -0.25) is 0 Å². The van der Waals surface area contributed by atoms with E-state index in [4.69, 9.17) is 0 Å².